The van der Waals surface area contributed by atoms with Crippen LogP contribution in [0.1, 0.15) is 5.76 Å². The van der Waals surface area contributed by atoms with E-state index in [1.165, 1.54) is 12.1 Å². The van der Waals surface area contributed by atoms with Gasteiger partial charge in [-0.1, -0.05) is 29.3 Å². The van der Waals surface area contributed by atoms with Crippen LogP contribution in [0.5, 0.6) is 0 Å². The predicted octanol–water partition coefficient (Wildman–Crippen LogP) is 4.11. The van der Waals surface area contributed by atoms with Gasteiger partial charge in [-0.25, -0.2) is 0 Å². The zero-order valence-electron chi connectivity index (χ0n) is 9.02. The topological polar surface area (TPSA) is 68.3 Å². The van der Waals surface area contributed by atoms with Crippen LogP contribution in [-0.2, 0) is 6.54 Å². The lowest BCUT2D eigenvalue weighted by molar-refractivity contribution is -0.402. The van der Waals surface area contributed by atoms with E-state index in [-0.39, 0.29) is 12.4 Å². The van der Waals surface area contributed by atoms with Gasteiger partial charge in [0, 0.05) is 0 Å². The number of nitro groups is 1. The van der Waals surface area contributed by atoms with Gasteiger partial charge >= 0.3 is 5.88 Å². The molecule has 5 nitrogen and oxygen atoms in total. The summed E-state index contributed by atoms with van der Waals surface area (Å²) in [4.78, 5) is 9.85. The number of nitrogens with zero attached hydrogens (tertiary/aromatic N) is 1. The van der Waals surface area contributed by atoms with Crippen molar-refractivity contribution in [1.82, 2.24) is 0 Å². The monoisotopic (exact) mass is 286 g/mol. The molecule has 0 amide bonds. The van der Waals surface area contributed by atoms with E-state index in [0.717, 1.165) is 0 Å². The van der Waals surface area contributed by atoms with E-state index in [4.69, 9.17) is 27.6 Å². The number of halogens is 2. The Kier molecular flexibility index (Phi) is 3.74. The van der Waals surface area contributed by atoms with E-state index >= 15 is 0 Å². The minimum Gasteiger partial charge on any atom is -0.404 e. The number of furan rings is 1. The lowest BCUT2D eigenvalue weighted by Gasteiger charge is -2.08. The Hall–Kier alpha value is -1.72. The van der Waals surface area contributed by atoms with Crippen LogP contribution in [-0.4, -0.2) is 4.92 Å². The molecule has 0 aliphatic carbocycles. The van der Waals surface area contributed by atoms with E-state index in [9.17, 15) is 10.1 Å². The second-order valence-electron chi connectivity index (χ2n) is 3.45. The molecule has 0 aliphatic rings. The van der Waals surface area contributed by atoms with Crippen LogP contribution in [0.25, 0.3) is 0 Å². The Morgan fingerprint density at radius 2 is 1.89 bits per heavy atom. The molecule has 0 bridgehead atoms. The molecule has 94 valence electrons. The van der Waals surface area contributed by atoms with Crippen molar-refractivity contribution in [3.63, 3.8) is 0 Å². The van der Waals surface area contributed by atoms with Gasteiger partial charge in [-0.2, -0.15) is 0 Å². The molecule has 0 spiro atoms. The van der Waals surface area contributed by atoms with Gasteiger partial charge in [-0.05, 0) is 18.2 Å². The number of rotatable bonds is 4. The number of para-hydroxylation sites is 1. The van der Waals surface area contributed by atoms with Crippen molar-refractivity contribution in [3.05, 3.63) is 56.3 Å². The molecule has 1 aromatic heterocycles. The van der Waals surface area contributed by atoms with Crippen LogP contribution in [0.3, 0.4) is 0 Å². The van der Waals surface area contributed by atoms with Gasteiger partial charge in [0.25, 0.3) is 0 Å². The Bertz CT molecular complexity index is 563. The fourth-order valence-electron chi connectivity index (χ4n) is 1.40. The summed E-state index contributed by atoms with van der Waals surface area (Å²) in [6.45, 7) is 0.261. The second kappa shape index (κ2) is 5.29. The molecule has 0 saturated heterocycles. The zero-order valence-corrected chi connectivity index (χ0v) is 10.5. The molecule has 18 heavy (non-hydrogen) atoms. The number of anilines is 1. The minimum absolute atomic E-state index is 0.261. The predicted molar refractivity (Wildman–Crippen MR) is 69.2 cm³/mol. The lowest BCUT2D eigenvalue weighted by atomic mass is 10.3. The first kappa shape index (κ1) is 12.7. The molecular weight excluding hydrogens is 279 g/mol. The smallest absolute Gasteiger partial charge is 0.404 e. The first-order chi connectivity index (χ1) is 8.58. The molecule has 7 heteroatoms. The first-order valence-electron chi connectivity index (χ1n) is 4.99. The summed E-state index contributed by atoms with van der Waals surface area (Å²) in [6.07, 6.45) is 0. The second-order valence-corrected chi connectivity index (χ2v) is 4.26. The summed E-state index contributed by atoms with van der Waals surface area (Å²) >= 11 is 11.9. The maximum atomic E-state index is 10.4. The van der Waals surface area contributed by atoms with Crippen LogP contribution in [0.4, 0.5) is 11.6 Å². The molecule has 0 atom stereocenters. The molecule has 0 saturated carbocycles. The van der Waals surface area contributed by atoms with Crippen LogP contribution < -0.4 is 5.32 Å². The summed E-state index contributed by atoms with van der Waals surface area (Å²) in [5.74, 6) is 0.134. The van der Waals surface area contributed by atoms with Gasteiger partial charge in [0.15, 0.2) is 0 Å². The Labute approximate surface area is 112 Å². The van der Waals surface area contributed by atoms with E-state index in [1.54, 1.807) is 18.2 Å². The SMILES string of the molecule is O=[N+]([O-])c1ccc(CNc2c(Cl)cccc2Cl)o1. The highest BCUT2D eigenvalue weighted by molar-refractivity contribution is 6.39. The minimum atomic E-state index is -0.591. The number of hydrogen-bond acceptors (Lipinski definition) is 4. The molecule has 1 aromatic carbocycles. The molecule has 0 aliphatic heterocycles. The van der Waals surface area contributed by atoms with Gasteiger partial charge in [-0.15, -0.1) is 0 Å². The number of nitrogens with one attached hydrogen (secondary N) is 1. The average Bonchev–Trinajstić information content (AvgIpc) is 2.77. The third kappa shape index (κ3) is 2.75. The van der Waals surface area contributed by atoms with Crippen molar-refractivity contribution in [2.75, 3.05) is 5.32 Å². The van der Waals surface area contributed by atoms with E-state index in [0.29, 0.717) is 21.5 Å². The maximum Gasteiger partial charge on any atom is 0.433 e. The van der Waals surface area contributed by atoms with Gasteiger partial charge < -0.3 is 9.73 Å². The van der Waals surface area contributed by atoms with Crippen LogP contribution in [0.15, 0.2) is 34.7 Å². The van der Waals surface area contributed by atoms with Gasteiger partial charge in [0.2, 0.25) is 0 Å². The van der Waals surface area contributed by atoms with E-state index in [2.05, 4.69) is 5.32 Å². The summed E-state index contributed by atoms with van der Waals surface area (Å²) in [7, 11) is 0. The highest BCUT2D eigenvalue weighted by Crippen LogP contribution is 2.30. The van der Waals surface area contributed by atoms with Crippen molar-refractivity contribution >= 4 is 34.8 Å². The van der Waals surface area contributed by atoms with Crippen molar-refractivity contribution in [1.29, 1.82) is 0 Å². The standard InChI is InChI=1S/C11H8Cl2N2O3/c12-8-2-1-3-9(13)11(8)14-6-7-4-5-10(18-7)15(16)17/h1-5,14H,6H2. The Morgan fingerprint density at radius 1 is 1.22 bits per heavy atom. The van der Waals surface area contributed by atoms with Crippen molar-refractivity contribution in [3.8, 4) is 0 Å². The zero-order chi connectivity index (χ0) is 13.1. The highest BCUT2D eigenvalue weighted by atomic mass is 35.5. The Balaban J connectivity index is 2.09. The third-order valence-corrected chi connectivity index (χ3v) is 2.86. The third-order valence-electron chi connectivity index (χ3n) is 2.23. The first-order valence-corrected chi connectivity index (χ1v) is 5.74. The van der Waals surface area contributed by atoms with Crippen LogP contribution >= 0.6 is 23.2 Å². The Morgan fingerprint density at radius 3 is 2.44 bits per heavy atom. The summed E-state index contributed by atoms with van der Waals surface area (Å²) in [5, 5.41) is 14.4. The van der Waals surface area contributed by atoms with Gasteiger partial charge in [-0.3, -0.25) is 10.1 Å². The van der Waals surface area contributed by atoms with E-state index < -0.39 is 4.92 Å². The van der Waals surface area contributed by atoms with Gasteiger partial charge in [0.1, 0.15) is 10.7 Å². The van der Waals surface area contributed by atoms with Crippen LogP contribution in [0, 0.1) is 10.1 Å². The van der Waals surface area contributed by atoms with Gasteiger partial charge in [0.05, 0.1) is 28.3 Å². The highest BCUT2D eigenvalue weighted by Gasteiger charge is 2.12. The fourth-order valence-corrected chi connectivity index (χ4v) is 1.93. The molecule has 1 N–H and O–H groups in total. The molecular formula is C11H8Cl2N2O3. The van der Waals surface area contributed by atoms with Crippen LogP contribution in [0.2, 0.25) is 10.0 Å². The molecule has 0 radical (unpaired) electrons. The molecule has 2 aromatic rings. The maximum absolute atomic E-state index is 10.4. The summed E-state index contributed by atoms with van der Waals surface area (Å²) in [5.41, 5.74) is 0.569. The molecule has 2 rings (SSSR count). The van der Waals surface area contributed by atoms with E-state index in [1.807, 2.05) is 0 Å². The average molecular weight is 287 g/mol. The van der Waals surface area contributed by atoms with Crippen molar-refractivity contribution in [2.24, 2.45) is 0 Å². The number of benzene rings is 1. The quantitative estimate of drug-likeness (QED) is 0.678. The molecule has 0 unspecified atom stereocenters. The van der Waals surface area contributed by atoms with Crippen molar-refractivity contribution in [2.45, 2.75) is 6.54 Å². The normalized spacial score (nSPS) is 10.3. The van der Waals surface area contributed by atoms with Crippen molar-refractivity contribution < 1.29 is 9.34 Å². The number of hydrogen-bond donors (Lipinski definition) is 1. The summed E-state index contributed by atoms with van der Waals surface area (Å²) < 4.78 is 5.00. The lowest BCUT2D eigenvalue weighted by Crippen LogP contribution is -1.99. The summed E-state index contributed by atoms with van der Waals surface area (Å²) in [6, 6.07) is 7.94. The molecule has 0 fully saturated rings. The largest absolute Gasteiger partial charge is 0.433 e. The molecule has 1 heterocycles. The fraction of sp³-hybridized carbons (Fsp3) is 0.0909.